The lowest BCUT2D eigenvalue weighted by Crippen LogP contribution is -2.30. The third-order valence-electron chi connectivity index (χ3n) is 5.56. The normalized spacial score (nSPS) is 23.8. The summed E-state index contributed by atoms with van der Waals surface area (Å²) in [6, 6.07) is 11.2. The first-order valence-electron chi connectivity index (χ1n) is 10.3. The van der Waals surface area contributed by atoms with Gasteiger partial charge < -0.3 is 19.3 Å². The zero-order valence-corrected chi connectivity index (χ0v) is 18.9. The number of hydrogen-bond donors (Lipinski definition) is 1. The lowest BCUT2D eigenvalue weighted by atomic mass is 10.0. The highest BCUT2D eigenvalue weighted by Gasteiger charge is 2.48. The summed E-state index contributed by atoms with van der Waals surface area (Å²) in [5, 5.41) is 10.0. The predicted molar refractivity (Wildman–Crippen MR) is 117 cm³/mol. The van der Waals surface area contributed by atoms with Crippen molar-refractivity contribution in [3.63, 3.8) is 0 Å². The van der Waals surface area contributed by atoms with Crippen LogP contribution < -0.4 is 9.47 Å². The van der Waals surface area contributed by atoms with Gasteiger partial charge in [-0.25, -0.2) is 17.6 Å². The lowest BCUT2D eigenvalue weighted by molar-refractivity contribution is 0.0846. The maximum Gasteiger partial charge on any atom is 0.165 e. The molecule has 10 heteroatoms. The third-order valence-corrected chi connectivity index (χ3v) is 7.16. The average Bonchev–Trinajstić information content (AvgIpc) is 3.62. The molecule has 0 bridgehead atoms. The standard InChI is InChI=1S/C15H11ClF2O2S.C9H6F2O2/c16-8-1-3-9(4-2-8)21-15-12(19)7-20-14-11(18)6-5-10(17)13(14)15;10-4-1-2-5(11)8-7(4)9-6(13-9)3-12-8/h1-6,12,15,19H,7H2;1-2,6,9H,3H2. The van der Waals surface area contributed by atoms with E-state index in [2.05, 4.69) is 0 Å². The molecule has 3 heterocycles. The molecule has 178 valence electrons. The monoisotopic (exact) mass is 512 g/mol. The highest BCUT2D eigenvalue weighted by Crippen LogP contribution is 2.49. The summed E-state index contributed by atoms with van der Waals surface area (Å²) < 4.78 is 69.4. The predicted octanol–water partition coefficient (Wildman–Crippen LogP) is 6.00. The van der Waals surface area contributed by atoms with Crippen LogP contribution in [0.2, 0.25) is 5.02 Å². The Morgan fingerprint density at radius 2 is 1.32 bits per heavy atom. The van der Waals surface area contributed by atoms with Crippen LogP contribution in [0.3, 0.4) is 0 Å². The van der Waals surface area contributed by atoms with Crippen molar-refractivity contribution in [3.8, 4) is 11.5 Å². The van der Waals surface area contributed by atoms with Crippen LogP contribution in [-0.2, 0) is 4.74 Å². The Kier molecular flexibility index (Phi) is 6.37. The molecular formula is C24H17ClF4O4S. The maximum atomic E-state index is 14.0. The van der Waals surface area contributed by atoms with Crippen molar-refractivity contribution in [1.82, 2.24) is 0 Å². The summed E-state index contributed by atoms with van der Waals surface area (Å²) in [7, 11) is 0. The quantitative estimate of drug-likeness (QED) is 0.337. The molecule has 4 atom stereocenters. The summed E-state index contributed by atoms with van der Waals surface area (Å²) in [4.78, 5) is 0.806. The molecule has 1 fully saturated rings. The number of halogens is 5. The molecule has 1 saturated heterocycles. The summed E-state index contributed by atoms with van der Waals surface area (Å²) in [6.07, 6.45) is -1.29. The van der Waals surface area contributed by atoms with Crippen molar-refractivity contribution in [2.24, 2.45) is 0 Å². The smallest absolute Gasteiger partial charge is 0.165 e. The molecule has 0 aromatic heterocycles. The molecule has 3 aliphatic heterocycles. The van der Waals surface area contributed by atoms with Crippen LogP contribution in [0.25, 0.3) is 0 Å². The number of benzene rings is 3. The first-order valence-corrected chi connectivity index (χ1v) is 11.6. The second kappa shape index (κ2) is 9.30. The zero-order chi connectivity index (χ0) is 24.0. The molecule has 34 heavy (non-hydrogen) atoms. The van der Waals surface area contributed by atoms with Gasteiger partial charge >= 0.3 is 0 Å². The number of rotatable bonds is 2. The van der Waals surface area contributed by atoms with E-state index in [1.807, 2.05) is 0 Å². The van der Waals surface area contributed by atoms with Crippen molar-refractivity contribution in [2.75, 3.05) is 13.2 Å². The summed E-state index contributed by atoms with van der Waals surface area (Å²) >= 11 is 7.07. The Morgan fingerprint density at radius 1 is 0.765 bits per heavy atom. The number of hydrogen-bond acceptors (Lipinski definition) is 5. The van der Waals surface area contributed by atoms with Crippen LogP contribution in [-0.4, -0.2) is 30.5 Å². The Labute approximate surface area is 201 Å². The van der Waals surface area contributed by atoms with Gasteiger partial charge in [0.2, 0.25) is 0 Å². The van der Waals surface area contributed by atoms with Gasteiger partial charge in [0.15, 0.2) is 23.1 Å². The Hall–Kier alpha value is -2.46. The molecule has 1 N–H and O–H groups in total. The van der Waals surface area contributed by atoms with Crippen molar-refractivity contribution < 1.29 is 36.9 Å². The minimum atomic E-state index is -0.922. The second-order valence-electron chi connectivity index (χ2n) is 7.82. The first-order chi connectivity index (χ1) is 16.3. The van der Waals surface area contributed by atoms with Gasteiger partial charge in [-0.3, -0.25) is 0 Å². The highest BCUT2D eigenvalue weighted by atomic mass is 35.5. The minimum absolute atomic E-state index is 0.0127. The van der Waals surface area contributed by atoms with E-state index in [0.29, 0.717) is 11.6 Å². The molecule has 4 nitrogen and oxygen atoms in total. The molecule has 6 rings (SSSR count). The number of thioether (sulfide) groups is 1. The zero-order valence-electron chi connectivity index (χ0n) is 17.3. The molecule has 0 saturated carbocycles. The Bertz CT molecular complexity index is 1230. The van der Waals surface area contributed by atoms with E-state index in [9.17, 15) is 22.7 Å². The molecule has 0 spiro atoms. The number of aliphatic hydroxyl groups is 1. The van der Waals surface area contributed by atoms with Gasteiger partial charge in [-0.15, -0.1) is 11.8 Å². The van der Waals surface area contributed by atoms with Gasteiger partial charge in [-0.05, 0) is 48.5 Å². The summed E-state index contributed by atoms with van der Waals surface area (Å²) in [5.41, 5.74) is 0.296. The highest BCUT2D eigenvalue weighted by molar-refractivity contribution is 7.99. The van der Waals surface area contributed by atoms with Crippen LogP contribution in [0.4, 0.5) is 17.6 Å². The largest absolute Gasteiger partial charge is 0.487 e. The van der Waals surface area contributed by atoms with E-state index in [0.717, 1.165) is 29.2 Å². The van der Waals surface area contributed by atoms with Gasteiger partial charge in [0.25, 0.3) is 0 Å². The van der Waals surface area contributed by atoms with E-state index in [1.54, 1.807) is 24.3 Å². The first kappa shape index (κ1) is 23.3. The molecule has 0 aliphatic carbocycles. The van der Waals surface area contributed by atoms with E-state index < -0.39 is 34.6 Å². The fourth-order valence-corrected chi connectivity index (χ4v) is 5.14. The van der Waals surface area contributed by atoms with E-state index in [4.69, 9.17) is 25.8 Å². The number of aliphatic hydroxyl groups excluding tert-OH is 1. The van der Waals surface area contributed by atoms with Gasteiger partial charge in [0.05, 0.1) is 10.8 Å². The van der Waals surface area contributed by atoms with Gasteiger partial charge in [-0.2, -0.15) is 0 Å². The van der Waals surface area contributed by atoms with Crippen LogP contribution in [0.5, 0.6) is 11.5 Å². The number of fused-ring (bicyclic) bond motifs is 4. The van der Waals surface area contributed by atoms with Crippen molar-refractivity contribution in [1.29, 1.82) is 0 Å². The molecule has 3 aromatic rings. The van der Waals surface area contributed by atoms with Gasteiger partial charge in [0.1, 0.15) is 43.2 Å². The summed E-state index contributed by atoms with van der Waals surface area (Å²) in [5.74, 6) is -2.30. The van der Waals surface area contributed by atoms with E-state index in [-0.39, 0.29) is 41.4 Å². The molecule has 3 aromatic carbocycles. The fourth-order valence-electron chi connectivity index (χ4n) is 3.86. The van der Waals surface area contributed by atoms with Crippen LogP contribution >= 0.6 is 23.4 Å². The van der Waals surface area contributed by atoms with Crippen molar-refractivity contribution in [2.45, 2.75) is 28.5 Å². The minimum Gasteiger partial charge on any atom is -0.487 e. The van der Waals surface area contributed by atoms with Crippen molar-refractivity contribution in [3.05, 3.63) is 87.9 Å². The van der Waals surface area contributed by atoms with Crippen LogP contribution in [0.15, 0.2) is 53.4 Å². The Morgan fingerprint density at radius 3 is 2.00 bits per heavy atom. The molecule has 0 radical (unpaired) electrons. The molecule has 4 unspecified atom stereocenters. The summed E-state index contributed by atoms with van der Waals surface area (Å²) in [6.45, 7) is 0.247. The van der Waals surface area contributed by atoms with E-state index >= 15 is 0 Å². The maximum absolute atomic E-state index is 14.0. The van der Waals surface area contributed by atoms with Crippen molar-refractivity contribution >= 4 is 23.4 Å². The number of epoxide rings is 1. The topological polar surface area (TPSA) is 51.2 Å². The number of ether oxygens (including phenoxy) is 3. The van der Waals surface area contributed by atoms with Gasteiger partial charge in [-0.1, -0.05) is 11.6 Å². The SMILES string of the molecule is Fc1ccc(F)c2c1OCC1OC21.OC1COc2c(F)ccc(F)c2C1Sc1ccc(Cl)cc1. The molecular weight excluding hydrogens is 496 g/mol. The Balaban J connectivity index is 0.000000157. The van der Waals surface area contributed by atoms with Crippen LogP contribution in [0.1, 0.15) is 22.5 Å². The van der Waals surface area contributed by atoms with Crippen LogP contribution in [0, 0.1) is 23.3 Å². The van der Waals surface area contributed by atoms with E-state index in [1.165, 1.54) is 11.8 Å². The molecule has 3 aliphatic rings. The lowest BCUT2D eigenvalue weighted by Gasteiger charge is -2.30. The van der Waals surface area contributed by atoms with Gasteiger partial charge in [0, 0.05) is 15.5 Å². The average molecular weight is 513 g/mol. The fraction of sp³-hybridized carbons (Fsp3) is 0.250. The second-order valence-corrected chi connectivity index (χ2v) is 9.47. The molecule has 0 amide bonds. The third kappa shape index (κ3) is 4.45.